The summed E-state index contributed by atoms with van der Waals surface area (Å²) in [6.07, 6.45) is 7.67. The van der Waals surface area contributed by atoms with Gasteiger partial charge in [-0.3, -0.25) is 4.90 Å². The normalized spacial score (nSPS) is 14.6. The Morgan fingerprint density at radius 3 is 2.90 bits per heavy atom. The fourth-order valence-electron chi connectivity index (χ4n) is 3.53. The molecular weight excluding hydrogens is 394 g/mol. The molecule has 1 aliphatic rings. The molecule has 3 rings (SSSR count). The van der Waals surface area contributed by atoms with E-state index in [4.69, 9.17) is 9.47 Å². The number of carbonyl (C=O) groups excluding carboxylic acids is 1. The van der Waals surface area contributed by atoms with Crippen LogP contribution in [0.15, 0.2) is 30.3 Å². The van der Waals surface area contributed by atoms with Gasteiger partial charge in [-0.25, -0.2) is 9.48 Å². The van der Waals surface area contributed by atoms with E-state index in [-0.39, 0.29) is 0 Å². The molecule has 8 heteroatoms. The van der Waals surface area contributed by atoms with E-state index in [9.17, 15) is 4.79 Å². The van der Waals surface area contributed by atoms with Crippen molar-refractivity contribution in [3.63, 3.8) is 0 Å². The molecule has 0 saturated carbocycles. The maximum Gasteiger partial charge on any atom is 0.330 e. The third kappa shape index (κ3) is 7.71. The second-order valence-corrected chi connectivity index (χ2v) is 7.62. The molecule has 1 fully saturated rings. The van der Waals surface area contributed by atoms with Gasteiger partial charge in [-0.15, -0.1) is 0 Å². The average Bonchev–Trinajstić information content (AvgIpc) is 3.13. The number of anilines is 1. The fourth-order valence-corrected chi connectivity index (χ4v) is 3.53. The van der Waals surface area contributed by atoms with Crippen molar-refractivity contribution >= 4 is 18.0 Å². The molecule has 31 heavy (non-hydrogen) atoms. The number of hydrogen-bond acceptors (Lipinski definition) is 7. The molecule has 0 bridgehead atoms. The second-order valence-electron chi connectivity index (χ2n) is 7.62. The van der Waals surface area contributed by atoms with E-state index in [0.29, 0.717) is 31.5 Å². The van der Waals surface area contributed by atoms with Gasteiger partial charge in [-0.2, -0.15) is 10.1 Å². The first-order valence-electron chi connectivity index (χ1n) is 11.1. The summed E-state index contributed by atoms with van der Waals surface area (Å²) in [5.41, 5.74) is 1.31. The van der Waals surface area contributed by atoms with Gasteiger partial charge in [-0.1, -0.05) is 18.6 Å². The summed E-state index contributed by atoms with van der Waals surface area (Å²) in [7, 11) is 1.81. The van der Waals surface area contributed by atoms with Crippen LogP contribution >= 0.6 is 0 Å². The van der Waals surface area contributed by atoms with Crippen molar-refractivity contribution in [2.75, 3.05) is 38.2 Å². The van der Waals surface area contributed by atoms with E-state index in [1.54, 1.807) is 24.7 Å². The summed E-state index contributed by atoms with van der Waals surface area (Å²) < 4.78 is 12.4. The number of carbonyl (C=O) groups is 1. The third-order valence-electron chi connectivity index (χ3n) is 5.06. The molecule has 0 spiro atoms. The Bertz CT molecular complexity index is 859. The Labute approximate surface area is 184 Å². The summed E-state index contributed by atoms with van der Waals surface area (Å²) in [5, 5.41) is 7.51. The van der Waals surface area contributed by atoms with Crippen molar-refractivity contribution in [1.29, 1.82) is 0 Å². The van der Waals surface area contributed by atoms with Gasteiger partial charge in [-0.05, 0) is 63.0 Å². The van der Waals surface area contributed by atoms with E-state index in [2.05, 4.69) is 38.5 Å². The maximum atomic E-state index is 11.4. The number of likely N-dealkylation sites (tertiary alicyclic amines) is 1. The predicted molar refractivity (Wildman–Crippen MR) is 121 cm³/mol. The zero-order valence-corrected chi connectivity index (χ0v) is 18.5. The molecular formula is C23H33N5O3. The zero-order valence-electron chi connectivity index (χ0n) is 18.5. The van der Waals surface area contributed by atoms with Crippen LogP contribution in [-0.4, -0.2) is 58.5 Å². The SMILES string of the molecule is CCOC(=O)/C=C/c1nc(NCCCOc2cccc(CN3CCCCC3)c2)n(C)n1. The largest absolute Gasteiger partial charge is 0.494 e. The summed E-state index contributed by atoms with van der Waals surface area (Å²) in [6, 6.07) is 8.40. The summed E-state index contributed by atoms with van der Waals surface area (Å²) >= 11 is 0. The minimum absolute atomic E-state index is 0.344. The Morgan fingerprint density at radius 2 is 2.10 bits per heavy atom. The first kappa shape index (κ1) is 22.8. The molecule has 8 nitrogen and oxygen atoms in total. The average molecular weight is 428 g/mol. The molecule has 2 heterocycles. The first-order chi connectivity index (χ1) is 15.1. The smallest absolute Gasteiger partial charge is 0.330 e. The number of nitrogens with zero attached hydrogens (tertiary/aromatic N) is 4. The highest BCUT2D eigenvalue weighted by atomic mass is 16.5. The standard InChI is InChI=1S/C23H33N5O3/c1-3-30-22(29)12-11-21-25-23(27(2)26-21)24-13-8-16-31-20-10-7-9-19(17-20)18-28-14-5-4-6-15-28/h7,9-12,17H,3-6,8,13-16,18H2,1-2H3,(H,24,25,26)/b12-11+. The van der Waals surface area contributed by atoms with Crippen LogP contribution in [0.5, 0.6) is 5.75 Å². The van der Waals surface area contributed by atoms with Crippen molar-refractivity contribution in [1.82, 2.24) is 19.7 Å². The van der Waals surface area contributed by atoms with Gasteiger partial charge < -0.3 is 14.8 Å². The molecule has 1 saturated heterocycles. The van der Waals surface area contributed by atoms with Crippen molar-refractivity contribution in [3.8, 4) is 5.75 Å². The Hall–Kier alpha value is -2.87. The van der Waals surface area contributed by atoms with E-state index in [1.807, 2.05) is 6.07 Å². The highest BCUT2D eigenvalue weighted by Crippen LogP contribution is 2.17. The Balaban J connectivity index is 1.38. The van der Waals surface area contributed by atoms with Crippen LogP contribution in [0.3, 0.4) is 0 Å². The molecule has 168 valence electrons. The van der Waals surface area contributed by atoms with Gasteiger partial charge in [0, 0.05) is 26.2 Å². The summed E-state index contributed by atoms with van der Waals surface area (Å²) in [4.78, 5) is 18.3. The number of benzene rings is 1. The van der Waals surface area contributed by atoms with Crippen LogP contribution in [0, 0.1) is 0 Å². The first-order valence-corrected chi connectivity index (χ1v) is 11.1. The lowest BCUT2D eigenvalue weighted by Crippen LogP contribution is -2.29. The minimum atomic E-state index is -0.401. The third-order valence-corrected chi connectivity index (χ3v) is 5.06. The van der Waals surface area contributed by atoms with Gasteiger partial charge in [0.05, 0.1) is 13.2 Å². The molecule has 1 aromatic heterocycles. The Kier molecular flexibility index (Phi) is 8.90. The van der Waals surface area contributed by atoms with Crippen LogP contribution in [0.2, 0.25) is 0 Å². The number of aromatic nitrogens is 3. The predicted octanol–water partition coefficient (Wildman–Crippen LogP) is 3.26. The van der Waals surface area contributed by atoms with E-state index < -0.39 is 5.97 Å². The summed E-state index contributed by atoms with van der Waals surface area (Å²) in [6.45, 7) is 6.82. The highest BCUT2D eigenvalue weighted by molar-refractivity contribution is 5.86. The lowest BCUT2D eigenvalue weighted by atomic mass is 10.1. The van der Waals surface area contributed by atoms with Crippen LogP contribution < -0.4 is 10.1 Å². The molecule has 0 radical (unpaired) electrons. The fraction of sp³-hybridized carbons (Fsp3) is 0.522. The van der Waals surface area contributed by atoms with E-state index in [0.717, 1.165) is 18.7 Å². The highest BCUT2D eigenvalue weighted by Gasteiger charge is 2.10. The van der Waals surface area contributed by atoms with E-state index >= 15 is 0 Å². The zero-order chi connectivity index (χ0) is 21.9. The molecule has 1 N–H and O–H groups in total. The lowest BCUT2D eigenvalue weighted by Gasteiger charge is -2.26. The molecule has 2 aromatic rings. The van der Waals surface area contributed by atoms with Crippen molar-refractivity contribution in [2.24, 2.45) is 7.05 Å². The topological polar surface area (TPSA) is 81.5 Å². The number of ether oxygens (including phenoxy) is 2. The van der Waals surface area contributed by atoms with Gasteiger partial charge in [0.15, 0.2) is 5.82 Å². The van der Waals surface area contributed by atoms with Crippen molar-refractivity contribution in [3.05, 3.63) is 41.7 Å². The van der Waals surface area contributed by atoms with Gasteiger partial charge in [0.25, 0.3) is 0 Å². The quantitative estimate of drug-likeness (QED) is 0.335. The van der Waals surface area contributed by atoms with Crippen molar-refractivity contribution in [2.45, 2.75) is 39.2 Å². The molecule has 0 atom stereocenters. The van der Waals surface area contributed by atoms with Crippen LogP contribution in [0.4, 0.5) is 5.95 Å². The lowest BCUT2D eigenvalue weighted by molar-refractivity contribution is -0.137. The molecule has 1 aromatic carbocycles. The number of esters is 1. The maximum absolute atomic E-state index is 11.4. The molecule has 1 aliphatic heterocycles. The number of aryl methyl sites for hydroxylation is 1. The number of piperidine rings is 1. The molecule has 0 unspecified atom stereocenters. The number of nitrogens with one attached hydrogen (secondary N) is 1. The summed E-state index contributed by atoms with van der Waals surface area (Å²) in [5.74, 6) is 1.62. The van der Waals surface area contributed by atoms with E-state index in [1.165, 1.54) is 44.0 Å². The minimum Gasteiger partial charge on any atom is -0.494 e. The van der Waals surface area contributed by atoms with Crippen LogP contribution in [-0.2, 0) is 23.1 Å². The second kappa shape index (κ2) is 12.1. The van der Waals surface area contributed by atoms with Gasteiger partial charge in [0.1, 0.15) is 5.75 Å². The number of hydrogen-bond donors (Lipinski definition) is 1. The monoisotopic (exact) mass is 427 g/mol. The van der Waals surface area contributed by atoms with Crippen LogP contribution in [0.25, 0.3) is 6.08 Å². The number of rotatable bonds is 11. The Morgan fingerprint density at radius 1 is 1.26 bits per heavy atom. The van der Waals surface area contributed by atoms with Crippen LogP contribution in [0.1, 0.15) is 44.0 Å². The molecule has 0 aliphatic carbocycles. The van der Waals surface area contributed by atoms with Gasteiger partial charge >= 0.3 is 5.97 Å². The van der Waals surface area contributed by atoms with Crippen molar-refractivity contribution < 1.29 is 14.3 Å². The van der Waals surface area contributed by atoms with Gasteiger partial charge in [0.2, 0.25) is 5.95 Å². The molecule has 0 amide bonds.